The lowest BCUT2D eigenvalue weighted by Crippen LogP contribution is -2.23. The Morgan fingerprint density at radius 2 is 1.89 bits per heavy atom. The molecule has 0 radical (unpaired) electrons. The van der Waals surface area contributed by atoms with Crippen molar-refractivity contribution in [3.05, 3.63) is 93.9 Å². The molecular weight excluding hydrogens is 498 g/mol. The van der Waals surface area contributed by atoms with Gasteiger partial charge in [-0.2, -0.15) is 4.68 Å². The zero-order valence-electron chi connectivity index (χ0n) is 19.1. The van der Waals surface area contributed by atoms with E-state index in [1.165, 1.54) is 11.0 Å². The van der Waals surface area contributed by atoms with E-state index in [2.05, 4.69) is 31.2 Å². The maximum atomic E-state index is 13.3. The Balaban J connectivity index is 1.32. The zero-order valence-corrected chi connectivity index (χ0v) is 19.8. The van der Waals surface area contributed by atoms with Gasteiger partial charge in [0.15, 0.2) is 0 Å². The number of fused-ring (bicyclic) bond motifs is 1. The molecule has 0 saturated carbocycles. The van der Waals surface area contributed by atoms with Crippen molar-refractivity contribution in [3.8, 4) is 22.5 Å². The number of amides is 1. The number of pyridine rings is 1. The molecule has 3 aromatic heterocycles. The van der Waals surface area contributed by atoms with E-state index in [1.54, 1.807) is 57.9 Å². The van der Waals surface area contributed by atoms with E-state index in [1.807, 2.05) is 12.1 Å². The average molecular weight is 516 g/mol. The molecule has 12 nitrogen and oxygen atoms in total. The van der Waals surface area contributed by atoms with Gasteiger partial charge in [0.1, 0.15) is 12.0 Å². The third-order valence-electron chi connectivity index (χ3n) is 6.23. The number of halogens is 1. The molecule has 13 heteroatoms. The van der Waals surface area contributed by atoms with Crippen molar-refractivity contribution >= 4 is 23.4 Å². The van der Waals surface area contributed by atoms with Gasteiger partial charge in [-0.1, -0.05) is 16.8 Å². The van der Waals surface area contributed by atoms with Crippen molar-refractivity contribution in [2.45, 2.75) is 18.9 Å². The third kappa shape index (κ3) is 4.23. The molecule has 1 unspecified atom stereocenters. The highest BCUT2D eigenvalue weighted by Crippen LogP contribution is 2.34. The first kappa shape index (κ1) is 22.6. The standard InChI is InChI=1S/C24H18ClN9O3/c25-15-1-7-21(33-13-26-29-31-33)19(11-15)14-9-18-6-8-22(34(18)23(35)10-14)20-12-32(30-28-20)17-4-2-16(3-5-17)27-24(36)37/h1-5,7,9-13,22,27H,6,8H2,(H,36,37). The van der Waals surface area contributed by atoms with Gasteiger partial charge in [0.25, 0.3) is 5.56 Å². The van der Waals surface area contributed by atoms with Crippen LogP contribution < -0.4 is 10.9 Å². The van der Waals surface area contributed by atoms with Gasteiger partial charge in [-0.3, -0.25) is 10.1 Å². The van der Waals surface area contributed by atoms with Crippen LogP contribution in [0.2, 0.25) is 5.02 Å². The molecule has 184 valence electrons. The number of anilines is 1. The number of hydrogen-bond acceptors (Lipinski definition) is 7. The summed E-state index contributed by atoms with van der Waals surface area (Å²) in [4.78, 5) is 24.2. The van der Waals surface area contributed by atoms with Gasteiger partial charge in [-0.05, 0) is 77.4 Å². The third-order valence-corrected chi connectivity index (χ3v) is 6.47. The minimum absolute atomic E-state index is 0.156. The molecule has 2 aromatic carbocycles. The molecule has 0 saturated heterocycles. The van der Waals surface area contributed by atoms with Crippen molar-refractivity contribution in [1.82, 2.24) is 39.8 Å². The molecular formula is C24H18ClN9O3. The van der Waals surface area contributed by atoms with Gasteiger partial charge in [-0.25, -0.2) is 9.48 Å². The second-order valence-electron chi connectivity index (χ2n) is 8.48. The number of hydrogen-bond donors (Lipinski definition) is 2. The zero-order chi connectivity index (χ0) is 25.5. The molecule has 1 atom stereocenters. The van der Waals surface area contributed by atoms with Gasteiger partial charge in [-0.15, -0.1) is 10.2 Å². The molecule has 0 fully saturated rings. The first-order chi connectivity index (χ1) is 18.0. The average Bonchev–Trinajstić information content (AvgIpc) is 3.65. The predicted octanol–water partition coefficient (Wildman–Crippen LogP) is 3.35. The van der Waals surface area contributed by atoms with Gasteiger partial charge < -0.3 is 9.67 Å². The van der Waals surface area contributed by atoms with Crippen LogP contribution in [0.3, 0.4) is 0 Å². The first-order valence-electron chi connectivity index (χ1n) is 11.3. The van der Waals surface area contributed by atoms with Crippen molar-refractivity contribution in [3.63, 3.8) is 0 Å². The van der Waals surface area contributed by atoms with Crippen molar-refractivity contribution in [2.24, 2.45) is 0 Å². The Morgan fingerprint density at radius 3 is 2.65 bits per heavy atom. The Labute approximate surface area is 213 Å². The number of benzene rings is 2. The minimum atomic E-state index is -1.13. The minimum Gasteiger partial charge on any atom is -0.465 e. The van der Waals surface area contributed by atoms with Crippen LogP contribution >= 0.6 is 11.6 Å². The van der Waals surface area contributed by atoms with Crippen LogP contribution in [0.15, 0.2) is 71.9 Å². The number of tetrazole rings is 1. The highest BCUT2D eigenvalue weighted by Gasteiger charge is 2.28. The topological polar surface area (TPSA) is 146 Å². The predicted molar refractivity (Wildman–Crippen MR) is 133 cm³/mol. The van der Waals surface area contributed by atoms with Crippen molar-refractivity contribution in [1.29, 1.82) is 0 Å². The maximum absolute atomic E-state index is 13.3. The molecule has 5 aromatic rings. The maximum Gasteiger partial charge on any atom is 0.409 e. The summed E-state index contributed by atoms with van der Waals surface area (Å²) in [6.07, 6.45) is 3.53. The van der Waals surface area contributed by atoms with Crippen molar-refractivity contribution in [2.75, 3.05) is 5.32 Å². The van der Waals surface area contributed by atoms with Crippen molar-refractivity contribution < 1.29 is 9.90 Å². The summed E-state index contributed by atoms with van der Waals surface area (Å²) < 4.78 is 4.88. The van der Waals surface area contributed by atoms with Gasteiger partial charge in [0.05, 0.1) is 23.6 Å². The fraction of sp³-hybridized carbons (Fsp3) is 0.125. The van der Waals surface area contributed by atoms with Crippen LogP contribution in [0, 0.1) is 0 Å². The summed E-state index contributed by atoms with van der Waals surface area (Å²) in [6.45, 7) is 0. The van der Waals surface area contributed by atoms with Crippen LogP contribution in [-0.4, -0.2) is 51.0 Å². The molecule has 1 amide bonds. The Hall–Kier alpha value is -4.84. The number of aromatic nitrogens is 8. The van der Waals surface area contributed by atoms with E-state index in [4.69, 9.17) is 16.7 Å². The quantitative estimate of drug-likeness (QED) is 0.362. The SMILES string of the molecule is O=C(O)Nc1ccc(-n2cc(C3CCc4cc(-c5cc(Cl)ccc5-n5cnnn5)cc(=O)n43)nn2)cc1. The van der Waals surface area contributed by atoms with Crippen LogP contribution in [-0.2, 0) is 6.42 Å². The molecule has 0 aliphatic carbocycles. The summed E-state index contributed by atoms with van der Waals surface area (Å²) in [7, 11) is 0. The monoisotopic (exact) mass is 515 g/mol. The summed E-state index contributed by atoms with van der Waals surface area (Å²) >= 11 is 6.28. The number of carboxylic acid groups (broad SMARTS) is 1. The van der Waals surface area contributed by atoms with Gasteiger partial charge in [0.2, 0.25) is 0 Å². The van der Waals surface area contributed by atoms with E-state index >= 15 is 0 Å². The molecule has 4 heterocycles. The fourth-order valence-electron chi connectivity index (χ4n) is 4.62. The molecule has 37 heavy (non-hydrogen) atoms. The molecule has 0 bridgehead atoms. The second kappa shape index (κ2) is 8.99. The summed E-state index contributed by atoms with van der Waals surface area (Å²) in [5.74, 6) is 0. The molecule has 1 aliphatic rings. The lowest BCUT2D eigenvalue weighted by molar-refractivity contribution is 0.209. The van der Waals surface area contributed by atoms with E-state index < -0.39 is 6.09 Å². The number of rotatable bonds is 5. The smallest absolute Gasteiger partial charge is 0.409 e. The molecule has 2 N–H and O–H groups in total. The summed E-state index contributed by atoms with van der Waals surface area (Å²) in [6, 6.07) is 15.4. The Kier molecular flexibility index (Phi) is 5.49. The van der Waals surface area contributed by atoms with Crippen LogP contribution in [0.25, 0.3) is 22.5 Å². The highest BCUT2D eigenvalue weighted by atomic mass is 35.5. The lowest BCUT2D eigenvalue weighted by Gasteiger charge is -2.14. The fourth-order valence-corrected chi connectivity index (χ4v) is 4.79. The summed E-state index contributed by atoms with van der Waals surface area (Å²) in [5.41, 5.74) is 4.74. The van der Waals surface area contributed by atoms with Gasteiger partial charge in [0, 0.05) is 28.0 Å². The van der Waals surface area contributed by atoms with E-state index in [9.17, 15) is 9.59 Å². The normalized spacial score (nSPS) is 14.5. The van der Waals surface area contributed by atoms with Crippen LogP contribution in [0.1, 0.15) is 23.9 Å². The highest BCUT2D eigenvalue weighted by molar-refractivity contribution is 6.31. The largest absolute Gasteiger partial charge is 0.465 e. The van der Waals surface area contributed by atoms with Crippen LogP contribution in [0.4, 0.5) is 10.5 Å². The number of carbonyl (C=O) groups is 1. The Bertz CT molecular complexity index is 1680. The van der Waals surface area contributed by atoms with E-state index in [0.717, 1.165) is 16.8 Å². The summed E-state index contributed by atoms with van der Waals surface area (Å²) in [5, 5.41) is 31.6. The lowest BCUT2D eigenvalue weighted by atomic mass is 10.0. The number of aryl methyl sites for hydroxylation is 1. The van der Waals surface area contributed by atoms with E-state index in [0.29, 0.717) is 40.6 Å². The second-order valence-corrected chi connectivity index (χ2v) is 8.92. The molecule has 6 rings (SSSR count). The number of nitrogens with one attached hydrogen (secondary N) is 1. The Morgan fingerprint density at radius 1 is 1.05 bits per heavy atom. The van der Waals surface area contributed by atoms with E-state index in [-0.39, 0.29) is 11.6 Å². The van der Waals surface area contributed by atoms with Gasteiger partial charge >= 0.3 is 6.09 Å². The molecule has 1 aliphatic heterocycles. The molecule has 0 spiro atoms. The number of nitrogens with zero attached hydrogens (tertiary/aromatic N) is 8. The van der Waals surface area contributed by atoms with Crippen LogP contribution in [0.5, 0.6) is 0 Å². The first-order valence-corrected chi connectivity index (χ1v) is 11.7.